The van der Waals surface area contributed by atoms with Gasteiger partial charge in [0, 0.05) is 5.02 Å². The van der Waals surface area contributed by atoms with Gasteiger partial charge in [-0.3, -0.25) is 4.79 Å². The van der Waals surface area contributed by atoms with Gasteiger partial charge in [0.1, 0.15) is 0 Å². The van der Waals surface area contributed by atoms with Crippen LogP contribution in [0.15, 0.2) is 39.7 Å². The molecule has 82 valence electrons. The Morgan fingerprint density at radius 3 is 2.56 bits per heavy atom. The minimum atomic E-state index is -0.178. The fraction of sp³-hybridized carbons (Fsp3) is 0.0909. The zero-order chi connectivity index (χ0) is 11.7. The molecule has 0 radical (unpaired) electrons. The Kier molecular flexibility index (Phi) is 3.12. The number of benzene rings is 1. The van der Waals surface area contributed by atoms with Crippen LogP contribution in [0.5, 0.6) is 0 Å². The summed E-state index contributed by atoms with van der Waals surface area (Å²) in [7, 11) is 0. The Labute approximate surface area is 106 Å². The molecule has 0 saturated heterocycles. The lowest BCUT2D eigenvalue weighted by Gasteiger charge is -2.05. The second-order valence-electron chi connectivity index (χ2n) is 3.33. The van der Waals surface area contributed by atoms with Gasteiger partial charge in [-0.25, -0.2) is 0 Å². The molecule has 0 aliphatic carbocycles. The topological polar surface area (TPSA) is 34.9 Å². The SMILES string of the molecule is Cc1cnn(-c2ccc(Cl)cc2)c(=O)c1Br. The number of aryl methyl sites for hydroxylation is 1. The summed E-state index contributed by atoms with van der Waals surface area (Å²) >= 11 is 9.02. The molecule has 2 aromatic rings. The van der Waals surface area contributed by atoms with E-state index in [-0.39, 0.29) is 5.56 Å². The molecule has 0 atom stereocenters. The van der Waals surface area contributed by atoms with E-state index in [1.807, 2.05) is 6.92 Å². The molecule has 16 heavy (non-hydrogen) atoms. The zero-order valence-corrected chi connectivity index (χ0v) is 10.8. The van der Waals surface area contributed by atoms with Gasteiger partial charge in [0.15, 0.2) is 0 Å². The molecule has 5 heteroatoms. The van der Waals surface area contributed by atoms with Crippen molar-refractivity contribution in [2.75, 3.05) is 0 Å². The van der Waals surface area contributed by atoms with Crippen LogP contribution in [0, 0.1) is 6.92 Å². The van der Waals surface area contributed by atoms with Crippen LogP contribution < -0.4 is 5.56 Å². The monoisotopic (exact) mass is 298 g/mol. The number of halogens is 2. The van der Waals surface area contributed by atoms with E-state index in [1.165, 1.54) is 4.68 Å². The molecule has 0 N–H and O–H groups in total. The molecular weight excluding hydrogens is 291 g/mol. The summed E-state index contributed by atoms with van der Waals surface area (Å²) in [5.74, 6) is 0. The Bertz CT molecular complexity index is 578. The van der Waals surface area contributed by atoms with Gasteiger partial charge in [-0.05, 0) is 52.7 Å². The van der Waals surface area contributed by atoms with Crippen molar-refractivity contribution in [2.45, 2.75) is 6.92 Å². The summed E-state index contributed by atoms with van der Waals surface area (Å²) in [5.41, 5.74) is 1.33. The first kappa shape index (κ1) is 11.4. The first-order valence-corrected chi connectivity index (χ1v) is 5.77. The molecule has 0 spiro atoms. The van der Waals surface area contributed by atoms with E-state index in [9.17, 15) is 4.79 Å². The van der Waals surface area contributed by atoms with Gasteiger partial charge in [0.2, 0.25) is 0 Å². The van der Waals surface area contributed by atoms with Gasteiger partial charge in [0.25, 0.3) is 5.56 Å². The molecule has 0 amide bonds. The number of aromatic nitrogens is 2. The van der Waals surface area contributed by atoms with Gasteiger partial charge in [-0.1, -0.05) is 11.6 Å². The molecule has 1 aromatic carbocycles. The molecule has 0 saturated carbocycles. The van der Waals surface area contributed by atoms with Gasteiger partial charge in [-0.2, -0.15) is 9.78 Å². The van der Waals surface area contributed by atoms with Gasteiger partial charge in [-0.15, -0.1) is 0 Å². The van der Waals surface area contributed by atoms with E-state index in [4.69, 9.17) is 11.6 Å². The van der Waals surface area contributed by atoms with Crippen LogP contribution in [0.25, 0.3) is 5.69 Å². The lowest BCUT2D eigenvalue weighted by Crippen LogP contribution is -2.22. The minimum absolute atomic E-state index is 0.178. The third-order valence-corrected chi connectivity index (χ3v) is 3.38. The van der Waals surface area contributed by atoms with Crippen LogP contribution in [-0.2, 0) is 0 Å². The molecule has 0 aliphatic heterocycles. The summed E-state index contributed by atoms with van der Waals surface area (Å²) in [5, 5.41) is 4.70. The normalized spacial score (nSPS) is 10.4. The smallest absolute Gasteiger partial charge is 0.266 e. The summed E-state index contributed by atoms with van der Waals surface area (Å²) < 4.78 is 1.85. The standard InChI is InChI=1S/C11H8BrClN2O/c1-7-6-14-15(11(16)10(7)12)9-4-2-8(13)3-5-9/h2-6H,1H3. The summed E-state index contributed by atoms with van der Waals surface area (Å²) in [6.07, 6.45) is 1.64. The maximum Gasteiger partial charge on any atom is 0.286 e. The Morgan fingerprint density at radius 1 is 1.31 bits per heavy atom. The van der Waals surface area contributed by atoms with Crippen molar-refractivity contribution < 1.29 is 0 Å². The van der Waals surface area contributed by atoms with Gasteiger partial charge in [0.05, 0.1) is 16.4 Å². The van der Waals surface area contributed by atoms with Crippen LogP contribution in [0.1, 0.15) is 5.56 Å². The van der Waals surface area contributed by atoms with E-state index in [2.05, 4.69) is 21.0 Å². The van der Waals surface area contributed by atoms with Crippen molar-refractivity contribution in [3.8, 4) is 5.69 Å². The largest absolute Gasteiger partial charge is 0.286 e. The summed E-state index contributed by atoms with van der Waals surface area (Å²) in [6, 6.07) is 6.94. The third-order valence-electron chi connectivity index (χ3n) is 2.16. The molecule has 0 bridgehead atoms. The fourth-order valence-electron chi connectivity index (χ4n) is 1.28. The second kappa shape index (κ2) is 4.39. The molecule has 2 rings (SSSR count). The van der Waals surface area contributed by atoms with E-state index >= 15 is 0 Å². The Balaban J connectivity index is 2.61. The first-order chi connectivity index (χ1) is 7.59. The summed E-state index contributed by atoms with van der Waals surface area (Å²) in [4.78, 5) is 11.9. The Hall–Kier alpha value is -1.13. The van der Waals surface area contributed by atoms with Crippen LogP contribution in [-0.4, -0.2) is 9.78 Å². The van der Waals surface area contributed by atoms with Crippen molar-refractivity contribution in [2.24, 2.45) is 0 Å². The van der Waals surface area contributed by atoms with E-state index < -0.39 is 0 Å². The maximum absolute atomic E-state index is 11.9. The average molecular weight is 300 g/mol. The fourth-order valence-corrected chi connectivity index (χ4v) is 1.68. The summed E-state index contributed by atoms with van der Waals surface area (Å²) in [6.45, 7) is 1.82. The first-order valence-electron chi connectivity index (χ1n) is 4.60. The predicted molar refractivity (Wildman–Crippen MR) is 67.3 cm³/mol. The van der Waals surface area contributed by atoms with Crippen LogP contribution in [0.3, 0.4) is 0 Å². The average Bonchev–Trinajstić information content (AvgIpc) is 2.28. The quantitative estimate of drug-likeness (QED) is 0.811. The predicted octanol–water partition coefficient (Wildman–Crippen LogP) is 2.96. The van der Waals surface area contributed by atoms with Crippen LogP contribution in [0.4, 0.5) is 0 Å². The minimum Gasteiger partial charge on any atom is -0.266 e. The molecule has 0 unspecified atom stereocenters. The number of hydrogen-bond donors (Lipinski definition) is 0. The maximum atomic E-state index is 11.9. The van der Waals surface area contributed by atoms with Crippen molar-refractivity contribution in [3.05, 3.63) is 55.9 Å². The van der Waals surface area contributed by atoms with E-state index in [1.54, 1.807) is 30.5 Å². The zero-order valence-electron chi connectivity index (χ0n) is 8.45. The van der Waals surface area contributed by atoms with Crippen molar-refractivity contribution >= 4 is 27.5 Å². The van der Waals surface area contributed by atoms with E-state index in [0.717, 1.165) is 5.56 Å². The van der Waals surface area contributed by atoms with Gasteiger partial charge < -0.3 is 0 Å². The highest BCUT2D eigenvalue weighted by molar-refractivity contribution is 9.10. The molecular formula is C11H8BrClN2O. The van der Waals surface area contributed by atoms with Crippen molar-refractivity contribution in [3.63, 3.8) is 0 Å². The highest BCUT2D eigenvalue weighted by Gasteiger charge is 2.06. The Morgan fingerprint density at radius 2 is 1.94 bits per heavy atom. The van der Waals surface area contributed by atoms with Crippen molar-refractivity contribution in [1.29, 1.82) is 0 Å². The van der Waals surface area contributed by atoms with Crippen molar-refractivity contribution in [1.82, 2.24) is 9.78 Å². The van der Waals surface area contributed by atoms with Crippen LogP contribution in [0.2, 0.25) is 5.02 Å². The molecule has 3 nitrogen and oxygen atoms in total. The number of hydrogen-bond acceptors (Lipinski definition) is 2. The molecule has 1 aromatic heterocycles. The molecule has 1 heterocycles. The molecule has 0 aliphatic rings. The lowest BCUT2D eigenvalue weighted by molar-refractivity contribution is 0.793. The number of nitrogens with zero attached hydrogens (tertiary/aromatic N) is 2. The highest BCUT2D eigenvalue weighted by atomic mass is 79.9. The number of rotatable bonds is 1. The third kappa shape index (κ3) is 2.03. The van der Waals surface area contributed by atoms with E-state index in [0.29, 0.717) is 15.2 Å². The molecule has 0 fully saturated rings. The highest BCUT2D eigenvalue weighted by Crippen LogP contribution is 2.13. The van der Waals surface area contributed by atoms with Gasteiger partial charge >= 0.3 is 0 Å². The lowest BCUT2D eigenvalue weighted by atomic mass is 10.3. The second-order valence-corrected chi connectivity index (χ2v) is 4.56. The van der Waals surface area contributed by atoms with Crippen LogP contribution >= 0.6 is 27.5 Å².